The molecule has 2 aromatic heterocycles. The first-order valence-electron chi connectivity index (χ1n) is 8.61. The summed E-state index contributed by atoms with van der Waals surface area (Å²) in [6.45, 7) is 2.06. The lowest BCUT2D eigenvalue weighted by atomic mass is 9.98. The third-order valence-electron chi connectivity index (χ3n) is 4.52. The maximum Gasteiger partial charge on any atom is 0.242 e. The largest absolute Gasteiger partial charge is 0.473 e. The molecule has 2 heterocycles. The van der Waals surface area contributed by atoms with E-state index in [1.165, 1.54) is 25.6 Å². The van der Waals surface area contributed by atoms with Crippen LogP contribution in [0.25, 0.3) is 10.2 Å². The molecule has 1 aromatic carbocycles. The van der Waals surface area contributed by atoms with Gasteiger partial charge >= 0.3 is 0 Å². The van der Waals surface area contributed by atoms with Gasteiger partial charge in [-0.3, -0.25) is 0 Å². The number of thiazole rings is 1. The number of anilines is 3. The summed E-state index contributed by atoms with van der Waals surface area (Å²) in [4.78, 5) is 13.1. The second-order valence-electron chi connectivity index (χ2n) is 6.38. The van der Waals surface area contributed by atoms with Crippen LogP contribution in [0.2, 0.25) is 0 Å². The van der Waals surface area contributed by atoms with E-state index >= 15 is 0 Å². The van der Waals surface area contributed by atoms with Gasteiger partial charge in [-0.15, -0.1) is 0 Å². The Bertz CT molecular complexity index is 888. The van der Waals surface area contributed by atoms with Crippen molar-refractivity contribution in [3.8, 4) is 5.88 Å². The van der Waals surface area contributed by atoms with Crippen molar-refractivity contribution in [3.63, 3.8) is 0 Å². The van der Waals surface area contributed by atoms with Gasteiger partial charge in [0.1, 0.15) is 18.1 Å². The lowest BCUT2D eigenvalue weighted by Crippen LogP contribution is -2.21. The number of hydrogen-bond acceptors (Lipinski definition) is 7. The van der Waals surface area contributed by atoms with Crippen LogP contribution in [-0.2, 0) is 0 Å². The van der Waals surface area contributed by atoms with Crippen molar-refractivity contribution in [2.45, 2.75) is 45.1 Å². The monoisotopic (exact) mass is 355 g/mol. The minimum Gasteiger partial charge on any atom is -0.473 e. The van der Waals surface area contributed by atoms with E-state index in [1.54, 1.807) is 11.3 Å². The Balaban J connectivity index is 1.57. The van der Waals surface area contributed by atoms with E-state index in [9.17, 15) is 0 Å². The number of ether oxygens (including phenoxy) is 1. The highest BCUT2D eigenvalue weighted by Gasteiger charge is 2.19. The molecule has 0 amide bonds. The average molecular weight is 355 g/mol. The molecule has 3 aromatic rings. The molecular weight excluding hydrogens is 334 g/mol. The fourth-order valence-corrected chi connectivity index (χ4v) is 4.10. The number of aryl methyl sites for hydroxylation is 1. The van der Waals surface area contributed by atoms with Crippen LogP contribution < -0.4 is 15.8 Å². The molecule has 130 valence electrons. The van der Waals surface area contributed by atoms with Gasteiger partial charge in [-0.2, -0.15) is 4.98 Å². The smallest absolute Gasteiger partial charge is 0.242 e. The van der Waals surface area contributed by atoms with Crippen molar-refractivity contribution in [1.82, 2.24) is 15.0 Å². The molecule has 25 heavy (non-hydrogen) atoms. The van der Waals surface area contributed by atoms with Crippen molar-refractivity contribution in [3.05, 3.63) is 30.1 Å². The van der Waals surface area contributed by atoms with Crippen LogP contribution in [0.15, 0.2) is 24.5 Å². The Hall–Kier alpha value is -2.41. The zero-order valence-corrected chi connectivity index (χ0v) is 15.0. The van der Waals surface area contributed by atoms with Crippen molar-refractivity contribution in [1.29, 1.82) is 0 Å². The second-order valence-corrected chi connectivity index (χ2v) is 7.42. The lowest BCUT2D eigenvalue weighted by molar-refractivity contribution is 0.149. The van der Waals surface area contributed by atoms with Crippen LogP contribution in [0.1, 0.15) is 37.7 Å². The van der Waals surface area contributed by atoms with Gasteiger partial charge in [-0.05, 0) is 44.2 Å². The average Bonchev–Trinajstić information content (AvgIpc) is 3.03. The summed E-state index contributed by atoms with van der Waals surface area (Å²) in [7, 11) is 0. The van der Waals surface area contributed by atoms with Gasteiger partial charge in [0.25, 0.3) is 0 Å². The molecule has 1 aliphatic carbocycles. The van der Waals surface area contributed by atoms with E-state index in [2.05, 4.69) is 39.3 Å². The van der Waals surface area contributed by atoms with Crippen molar-refractivity contribution < 1.29 is 4.74 Å². The Morgan fingerprint density at radius 2 is 2.04 bits per heavy atom. The highest BCUT2D eigenvalue weighted by Crippen LogP contribution is 2.34. The van der Waals surface area contributed by atoms with Crippen molar-refractivity contribution in [2.24, 2.45) is 0 Å². The van der Waals surface area contributed by atoms with Crippen LogP contribution in [0, 0.1) is 6.92 Å². The molecule has 1 saturated carbocycles. The molecule has 7 heteroatoms. The number of rotatable bonds is 4. The summed E-state index contributed by atoms with van der Waals surface area (Å²) in [5, 5.41) is 3.98. The second kappa shape index (κ2) is 6.84. The molecule has 6 nitrogen and oxygen atoms in total. The van der Waals surface area contributed by atoms with Crippen LogP contribution in [0.4, 0.5) is 16.6 Å². The van der Waals surface area contributed by atoms with Crippen molar-refractivity contribution in [2.75, 3.05) is 11.1 Å². The topological polar surface area (TPSA) is 86.0 Å². The maximum atomic E-state index is 6.24. The van der Waals surface area contributed by atoms with Gasteiger partial charge < -0.3 is 15.8 Å². The van der Waals surface area contributed by atoms with Crippen LogP contribution in [-0.4, -0.2) is 21.1 Å². The van der Waals surface area contributed by atoms with Crippen LogP contribution in [0.5, 0.6) is 5.88 Å². The van der Waals surface area contributed by atoms with Gasteiger partial charge in [-0.1, -0.05) is 29.9 Å². The number of aromatic nitrogens is 3. The molecule has 0 aliphatic heterocycles. The Morgan fingerprint density at radius 3 is 2.84 bits per heavy atom. The van der Waals surface area contributed by atoms with Gasteiger partial charge in [0, 0.05) is 0 Å². The summed E-state index contributed by atoms with van der Waals surface area (Å²) in [6.07, 6.45) is 7.48. The zero-order chi connectivity index (χ0) is 17.2. The van der Waals surface area contributed by atoms with E-state index in [1.807, 2.05) is 6.07 Å². The van der Waals surface area contributed by atoms with Crippen molar-refractivity contribution >= 4 is 38.2 Å². The summed E-state index contributed by atoms with van der Waals surface area (Å²) in [5.41, 5.74) is 8.82. The molecule has 0 unspecified atom stereocenters. The molecule has 1 fully saturated rings. The van der Waals surface area contributed by atoms with Gasteiger partial charge in [0.15, 0.2) is 10.9 Å². The summed E-state index contributed by atoms with van der Waals surface area (Å²) < 4.78 is 7.14. The number of nitrogens with one attached hydrogen (secondary N) is 1. The van der Waals surface area contributed by atoms with E-state index in [0.29, 0.717) is 17.4 Å². The molecular formula is C18H21N5OS. The number of benzene rings is 1. The minimum atomic E-state index is 0.198. The lowest BCUT2D eigenvalue weighted by Gasteiger charge is -2.23. The molecule has 0 spiro atoms. The molecule has 4 rings (SSSR count). The van der Waals surface area contributed by atoms with Crippen LogP contribution in [0.3, 0.4) is 0 Å². The van der Waals surface area contributed by atoms with E-state index in [4.69, 9.17) is 10.5 Å². The standard InChI is InChI=1S/C18H21N5OS/c1-11-6-5-9-13-15(11)22-18(25-13)23-16-14(19)17(21-10-20-16)24-12-7-3-2-4-8-12/h5-6,9-10,12H,2-4,7-8,19H2,1H3,(H,20,21,22,23). The summed E-state index contributed by atoms with van der Waals surface area (Å²) in [6, 6.07) is 6.15. The van der Waals surface area contributed by atoms with E-state index in [-0.39, 0.29) is 6.10 Å². The third kappa shape index (κ3) is 3.37. The fourth-order valence-electron chi connectivity index (χ4n) is 3.15. The Morgan fingerprint density at radius 1 is 1.20 bits per heavy atom. The number of fused-ring (bicyclic) bond motifs is 1. The highest BCUT2D eigenvalue weighted by molar-refractivity contribution is 7.22. The molecule has 0 radical (unpaired) electrons. The number of nitrogens with two attached hydrogens (primary N) is 1. The Kier molecular flexibility index (Phi) is 4.40. The normalized spacial score (nSPS) is 15.4. The predicted octanol–water partition coefficient (Wildman–Crippen LogP) is 4.43. The van der Waals surface area contributed by atoms with E-state index < -0.39 is 0 Å². The van der Waals surface area contributed by atoms with Gasteiger partial charge in [0.05, 0.1) is 10.2 Å². The quantitative estimate of drug-likeness (QED) is 0.720. The zero-order valence-electron chi connectivity index (χ0n) is 14.2. The predicted molar refractivity (Wildman–Crippen MR) is 102 cm³/mol. The first kappa shape index (κ1) is 16.1. The maximum absolute atomic E-state index is 6.24. The first-order chi connectivity index (χ1) is 12.2. The fraction of sp³-hybridized carbons (Fsp3) is 0.389. The summed E-state index contributed by atoms with van der Waals surface area (Å²) in [5.74, 6) is 0.999. The third-order valence-corrected chi connectivity index (χ3v) is 5.46. The number of nitrogens with zero attached hydrogens (tertiary/aromatic N) is 3. The van der Waals surface area contributed by atoms with E-state index in [0.717, 1.165) is 33.8 Å². The van der Waals surface area contributed by atoms with Gasteiger partial charge in [-0.25, -0.2) is 9.97 Å². The molecule has 0 saturated heterocycles. The van der Waals surface area contributed by atoms with Crippen LogP contribution >= 0.6 is 11.3 Å². The minimum absolute atomic E-state index is 0.198. The highest BCUT2D eigenvalue weighted by atomic mass is 32.1. The number of nitrogen functional groups attached to an aromatic ring is 1. The molecule has 0 bridgehead atoms. The molecule has 1 aliphatic rings. The SMILES string of the molecule is Cc1cccc2sc(Nc3ncnc(OC4CCCCC4)c3N)nc12. The summed E-state index contributed by atoms with van der Waals surface area (Å²) >= 11 is 1.58. The number of hydrogen-bond donors (Lipinski definition) is 2. The molecule has 3 N–H and O–H groups in total. The Labute approximate surface area is 150 Å². The molecule has 0 atom stereocenters. The van der Waals surface area contributed by atoms with Gasteiger partial charge in [0.2, 0.25) is 5.88 Å². The first-order valence-corrected chi connectivity index (χ1v) is 9.42. The number of para-hydroxylation sites is 1.